The van der Waals surface area contributed by atoms with Crippen LogP contribution in [0.25, 0.3) is 0 Å². The molecule has 0 spiro atoms. The Kier molecular flexibility index (Phi) is 2.96. The molecule has 0 bridgehead atoms. The summed E-state index contributed by atoms with van der Waals surface area (Å²) in [6, 6.07) is 0. The molecule has 1 fully saturated rings. The van der Waals surface area contributed by atoms with E-state index in [9.17, 15) is 0 Å². The van der Waals surface area contributed by atoms with E-state index in [1.807, 2.05) is 22.6 Å². The van der Waals surface area contributed by atoms with Crippen molar-refractivity contribution in [1.82, 2.24) is 0 Å². The molecular weight excluding hydrogens is 243 g/mol. The van der Waals surface area contributed by atoms with E-state index in [4.69, 9.17) is 10.2 Å². The molecule has 56 valence electrons. The Bertz CT molecular complexity index is 160. The lowest BCUT2D eigenvalue weighted by Gasteiger charge is -1.84. The summed E-state index contributed by atoms with van der Waals surface area (Å²) >= 11 is 1.97. The molecule has 0 aromatic carbocycles. The van der Waals surface area contributed by atoms with E-state index in [1.54, 1.807) is 0 Å². The van der Waals surface area contributed by atoms with Crippen molar-refractivity contribution < 1.29 is 10.2 Å². The molecule has 1 aliphatic carbocycles. The van der Waals surface area contributed by atoms with Gasteiger partial charge in [-0.05, 0) is 3.93 Å². The summed E-state index contributed by atoms with van der Waals surface area (Å²) in [5, 5.41) is 17.4. The van der Waals surface area contributed by atoms with Crippen molar-refractivity contribution in [3.63, 3.8) is 0 Å². The van der Waals surface area contributed by atoms with Gasteiger partial charge in [-0.15, -0.1) is 0 Å². The average Bonchev–Trinajstić information content (AvgIpc) is 2.62. The van der Waals surface area contributed by atoms with Gasteiger partial charge in [-0.25, -0.2) is 0 Å². The van der Waals surface area contributed by atoms with E-state index in [2.05, 4.69) is 9.85 Å². The van der Waals surface area contributed by atoms with Gasteiger partial charge in [0.05, 0.1) is 0 Å². The van der Waals surface area contributed by atoms with Gasteiger partial charge in [0.15, 0.2) is 0 Å². The first-order valence-electron chi connectivity index (χ1n) is 3.18. The fourth-order valence-electron chi connectivity index (χ4n) is 1.22. The lowest BCUT2D eigenvalue weighted by atomic mass is 10.3. The molecule has 0 aliphatic heterocycles. The van der Waals surface area contributed by atoms with Gasteiger partial charge in [-0.1, -0.05) is 5.92 Å². The molecule has 2 nitrogen and oxygen atoms in total. The zero-order valence-electron chi connectivity index (χ0n) is 5.42. The standard InChI is InChI=1S/C7H9IO2/c8-2-1-5-6(3-9)7(5)4-10/h5-7,9-10H,3-4H2/t5-,6-,7+. The molecule has 2 N–H and O–H groups in total. The van der Waals surface area contributed by atoms with Crippen molar-refractivity contribution in [3.8, 4) is 9.85 Å². The zero-order chi connectivity index (χ0) is 7.56. The number of halogens is 1. The normalized spacial score (nSPS) is 36.5. The molecule has 0 aromatic rings. The summed E-state index contributed by atoms with van der Waals surface area (Å²) in [6.45, 7) is 0.308. The van der Waals surface area contributed by atoms with Crippen LogP contribution < -0.4 is 0 Å². The third kappa shape index (κ3) is 1.44. The molecule has 10 heavy (non-hydrogen) atoms. The van der Waals surface area contributed by atoms with Crippen LogP contribution in [-0.4, -0.2) is 23.4 Å². The molecule has 0 aromatic heterocycles. The molecule has 1 rings (SSSR count). The number of hydrogen-bond acceptors (Lipinski definition) is 2. The minimum atomic E-state index is 0.154. The largest absolute Gasteiger partial charge is 0.396 e. The van der Waals surface area contributed by atoms with Crippen LogP contribution in [0.5, 0.6) is 0 Å². The van der Waals surface area contributed by atoms with Gasteiger partial charge in [-0.2, -0.15) is 0 Å². The van der Waals surface area contributed by atoms with Crippen molar-refractivity contribution in [2.24, 2.45) is 17.8 Å². The second kappa shape index (κ2) is 3.56. The van der Waals surface area contributed by atoms with Crippen molar-refractivity contribution in [1.29, 1.82) is 0 Å². The molecule has 0 unspecified atom stereocenters. The maximum Gasteiger partial charge on any atom is 0.0475 e. The maximum absolute atomic E-state index is 8.72. The van der Waals surface area contributed by atoms with Crippen LogP contribution in [0.4, 0.5) is 0 Å². The molecule has 0 amide bonds. The fraction of sp³-hybridized carbons (Fsp3) is 0.714. The number of aliphatic hydroxyl groups excluding tert-OH is 2. The van der Waals surface area contributed by atoms with Crippen molar-refractivity contribution in [2.45, 2.75) is 0 Å². The second-order valence-electron chi connectivity index (χ2n) is 2.46. The summed E-state index contributed by atoms with van der Waals surface area (Å²) in [5.74, 6) is 3.64. The number of aliphatic hydroxyl groups is 2. The molecule has 0 radical (unpaired) electrons. The SMILES string of the molecule is OC[C@@H]1[C@@H](C#CI)[C@@H]1CO. The van der Waals surface area contributed by atoms with Crippen LogP contribution in [0.3, 0.4) is 0 Å². The lowest BCUT2D eigenvalue weighted by Crippen LogP contribution is -1.91. The van der Waals surface area contributed by atoms with Crippen LogP contribution >= 0.6 is 22.6 Å². The van der Waals surface area contributed by atoms with Gasteiger partial charge in [0.25, 0.3) is 0 Å². The van der Waals surface area contributed by atoms with Gasteiger partial charge in [-0.3, -0.25) is 0 Å². The molecule has 0 saturated heterocycles. The van der Waals surface area contributed by atoms with E-state index in [1.165, 1.54) is 0 Å². The van der Waals surface area contributed by atoms with Gasteiger partial charge in [0.1, 0.15) is 0 Å². The van der Waals surface area contributed by atoms with E-state index < -0.39 is 0 Å². The Morgan fingerprint density at radius 3 is 2.00 bits per heavy atom. The Morgan fingerprint density at radius 1 is 1.20 bits per heavy atom. The summed E-state index contributed by atoms with van der Waals surface area (Å²) in [4.78, 5) is 0. The fourth-order valence-corrected chi connectivity index (χ4v) is 1.58. The average molecular weight is 252 g/mol. The van der Waals surface area contributed by atoms with Gasteiger partial charge >= 0.3 is 0 Å². The van der Waals surface area contributed by atoms with Gasteiger partial charge in [0.2, 0.25) is 0 Å². The quantitative estimate of drug-likeness (QED) is 0.545. The maximum atomic E-state index is 8.72. The Morgan fingerprint density at radius 2 is 1.70 bits per heavy atom. The number of rotatable bonds is 2. The second-order valence-corrected chi connectivity index (χ2v) is 3.00. The minimum absolute atomic E-state index is 0.154. The topological polar surface area (TPSA) is 40.5 Å². The zero-order valence-corrected chi connectivity index (χ0v) is 7.58. The monoisotopic (exact) mass is 252 g/mol. The lowest BCUT2D eigenvalue weighted by molar-refractivity contribution is 0.232. The predicted octanol–water partition coefficient (Wildman–Crippen LogP) is 0.229. The van der Waals surface area contributed by atoms with Gasteiger partial charge < -0.3 is 10.2 Å². The molecule has 1 aliphatic rings. The van der Waals surface area contributed by atoms with Crippen LogP contribution in [0.1, 0.15) is 0 Å². The molecule has 0 heterocycles. The first-order valence-corrected chi connectivity index (χ1v) is 4.26. The Balaban J connectivity index is 2.41. The van der Waals surface area contributed by atoms with Crippen molar-refractivity contribution in [3.05, 3.63) is 0 Å². The predicted molar refractivity (Wildman–Crippen MR) is 46.4 cm³/mol. The van der Waals surface area contributed by atoms with E-state index in [0.717, 1.165) is 0 Å². The van der Waals surface area contributed by atoms with Crippen LogP contribution in [0, 0.1) is 27.6 Å². The van der Waals surface area contributed by atoms with Crippen molar-refractivity contribution in [2.75, 3.05) is 13.2 Å². The van der Waals surface area contributed by atoms with Crippen LogP contribution in [0.15, 0.2) is 0 Å². The molecular formula is C7H9IO2. The highest BCUT2D eigenvalue weighted by atomic mass is 127. The van der Waals surface area contributed by atoms with E-state index in [0.29, 0.717) is 0 Å². The summed E-state index contributed by atoms with van der Waals surface area (Å²) in [5.41, 5.74) is 0. The highest BCUT2D eigenvalue weighted by molar-refractivity contribution is 14.1. The van der Waals surface area contributed by atoms with Crippen LogP contribution in [0.2, 0.25) is 0 Å². The van der Waals surface area contributed by atoms with Crippen LogP contribution in [-0.2, 0) is 0 Å². The van der Waals surface area contributed by atoms with E-state index in [-0.39, 0.29) is 31.0 Å². The minimum Gasteiger partial charge on any atom is -0.396 e. The highest BCUT2D eigenvalue weighted by Gasteiger charge is 2.48. The number of hydrogen-bond donors (Lipinski definition) is 2. The molecule has 1 saturated carbocycles. The van der Waals surface area contributed by atoms with Crippen molar-refractivity contribution >= 4 is 22.6 Å². The summed E-state index contributed by atoms with van der Waals surface area (Å²) in [7, 11) is 0. The highest BCUT2D eigenvalue weighted by Crippen LogP contribution is 2.44. The first kappa shape index (κ1) is 8.31. The summed E-state index contributed by atoms with van der Waals surface area (Å²) < 4.78 is 2.76. The third-order valence-corrected chi connectivity index (χ3v) is 2.29. The Labute approximate surface area is 73.8 Å². The molecule has 3 heteroatoms. The van der Waals surface area contributed by atoms with E-state index >= 15 is 0 Å². The third-order valence-electron chi connectivity index (χ3n) is 1.97. The Hall–Kier alpha value is 0.210. The molecule has 3 atom stereocenters. The summed E-state index contributed by atoms with van der Waals surface area (Å²) in [6.07, 6.45) is 0. The smallest absolute Gasteiger partial charge is 0.0475 e. The van der Waals surface area contributed by atoms with Gasteiger partial charge in [0, 0.05) is 53.6 Å². The first-order chi connectivity index (χ1) is 4.85.